The van der Waals surface area contributed by atoms with Crippen molar-refractivity contribution in [1.82, 2.24) is 4.31 Å². The smallest absolute Gasteiger partial charge is 0.271 e. The van der Waals surface area contributed by atoms with Gasteiger partial charge in [0.2, 0.25) is 0 Å². The lowest BCUT2D eigenvalue weighted by Crippen LogP contribution is -2.36. The number of nitrogens with one attached hydrogen (secondary N) is 1. The second-order valence-electron chi connectivity index (χ2n) is 4.95. The van der Waals surface area contributed by atoms with Crippen molar-refractivity contribution in [3.8, 4) is 6.07 Å². The molecule has 5 nitrogen and oxygen atoms in total. The molecule has 0 saturated carbocycles. The molecule has 0 unspecified atom stereocenters. The maximum atomic E-state index is 12.3. The molecule has 1 heterocycles. The van der Waals surface area contributed by atoms with Crippen molar-refractivity contribution >= 4 is 15.9 Å². The molecule has 0 amide bonds. The van der Waals surface area contributed by atoms with Gasteiger partial charge in [0.25, 0.3) is 0 Å². The van der Waals surface area contributed by atoms with Crippen LogP contribution in [-0.4, -0.2) is 25.8 Å². The van der Waals surface area contributed by atoms with Gasteiger partial charge in [-0.1, -0.05) is 25.0 Å². The first-order valence-electron chi connectivity index (χ1n) is 6.85. The van der Waals surface area contributed by atoms with Crippen LogP contribution in [0.4, 0.5) is 5.69 Å². The van der Waals surface area contributed by atoms with Crippen molar-refractivity contribution in [2.24, 2.45) is 0 Å². The maximum Gasteiger partial charge on any atom is 0.301 e. The maximum absolute atomic E-state index is 12.3. The highest BCUT2D eigenvalue weighted by Gasteiger charge is 2.22. The van der Waals surface area contributed by atoms with Crippen LogP contribution in [0, 0.1) is 11.3 Å². The van der Waals surface area contributed by atoms with Crippen LogP contribution in [0.25, 0.3) is 0 Å². The van der Waals surface area contributed by atoms with Gasteiger partial charge in [-0.3, -0.25) is 4.72 Å². The molecule has 0 aliphatic carbocycles. The summed E-state index contributed by atoms with van der Waals surface area (Å²) in [5, 5.41) is 8.60. The van der Waals surface area contributed by atoms with Gasteiger partial charge >= 0.3 is 10.2 Å². The molecule has 20 heavy (non-hydrogen) atoms. The molecule has 0 atom stereocenters. The summed E-state index contributed by atoms with van der Waals surface area (Å²) in [5.74, 6) is 0. The minimum absolute atomic E-state index is 0.332. The van der Waals surface area contributed by atoms with Gasteiger partial charge in [-0.25, -0.2) is 0 Å². The number of benzene rings is 1. The number of anilines is 1. The number of nitrogens with zero attached hydrogens (tertiary/aromatic N) is 2. The quantitative estimate of drug-likeness (QED) is 0.925. The first kappa shape index (κ1) is 14.8. The monoisotopic (exact) mass is 293 g/mol. The summed E-state index contributed by atoms with van der Waals surface area (Å²) in [4.78, 5) is 0. The van der Waals surface area contributed by atoms with Crippen LogP contribution < -0.4 is 4.72 Å². The van der Waals surface area contributed by atoms with Crippen LogP contribution in [0.1, 0.15) is 31.2 Å². The molecule has 1 saturated heterocycles. The molecule has 6 heteroatoms. The number of hydrogen-bond acceptors (Lipinski definition) is 3. The van der Waals surface area contributed by atoms with E-state index in [0.29, 0.717) is 25.2 Å². The van der Waals surface area contributed by atoms with E-state index in [-0.39, 0.29) is 0 Å². The zero-order valence-electron chi connectivity index (χ0n) is 11.4. The van der Waals surface area contributed by atoms with Gasteiger partial charge in [0.15, 0.2) is 0 Å². The Bertz CT molecular complexity index is 567. The SMILES string of the molecule is N#CCc1ccc(NS(=O)(=O)N2CCCCCC2)cc1. The average Bonchev–Trinajstić information content (AvgIpc) is 2.70. The van der Waals surface area contributed by atoms with Gasteiger partial charge in [-0.05, 0) is 30.5 Å². The fourth-order valence-electron chi connectivity index (χ4n) is 2.28. The van der Waals surface area contributed by atoms with Crippen LogP contribution in [0.2, 0.25) is 0 Å². The Morgan fingerprint density at radius 3 is 2.25 bits per heavy atom. The van der Waals surface area contributed by atoms with Gasteiger partial charge < -0.3 is 0 Å². The lowest BCUT2D eigenvalue weighted by molar-refractivity contribution is 0.427. The molecule has 108 valence electrons. The molecule has 1 fully saturated rings. The van der Waals surface area contributed by atoms with Gasteiger partial charge in [-0.2, -0.15) is 18.0 Å². The van der Waals surface area contributed by atoms with E-state index in [9.17, 15) is 8.42 Å². The predicted molar refractivity (Wildman–Crippen MR) is 78.3 cm³/mol. The summed E-state index contributed by atoms with van der Waals surface area (Å²) in [7, 11) is -3.47. The third-order valence-electron chi connectivity index (χ3n) is 3.39. The topological polar surface area (TPSA) is 73.2 Å². The Balaban J connectivity index is 2.05. The Kier molecular flexibility index (Phi) is 4.99. The Hall–Kier alpha value is -1.58. The molecule has 1 aliphatic rings. The van der Waals surface area contributed by atoms with E-state index < -0.39 is 10.2 Å². The molecule has 1 aromatic rings. The van der Waals surface area contributed by atoms with E-state index in [1.54, 1.807) is 24.3 Å². The van der Waals surface area contributed by atoms with Crippen LogP contribution in [0.3, 0.4) is 0 Å². The molecule has 0 aromatic heterocycles. The lowest BCUT2D eigenvalue weighted by atomic mass is 10.1. The van der Waals surface area contributed by atoms with Crippen molar-refractivity contribution in [3.63, 3.8) is 0 Å². The Labute approximate surface area is 120 Å². The Morgan fingerprint density at radius 1 is 1.10 bits per heavy atom. The second-order valence-corrected chi connectivity index (χ2v) is 6.62. The van der Waals surface area contributed by atoms with Crippen molar-refractivity contribution in [2.75, 3.05) is 17.8 Å². The molecule has 2 rings (SSSR count). The highest BCUT2D eigenvalue weighted by Crippen LogP contribution is 2.17. The van der Waals surface area contributed by atoms with Crippen molar-refractivity contribution < 1.29 is 8.42 Å². The van der Waals surface area contributed by atoms with Crippen LogP contribution in [0.5, 0.6) is 0 Å². The summed E-state index contributed by atoms with van der Waals surface area (Å²) in [5.41, 5.74) is 1.42. The summed E-state index contributed by atoms with van der Waals surface area (Å²) < 4.78 is 28.7. The zero-order valence-corrected chi connectivity index (χ0v) is 12.2. The molecular formula is C14H19N3O2S. The third-order valence-corrected chi connectivity index (χ3v) is 4.93. The van der Waals surface area contributed by atoms with Gasteiger partial charge in [0, 0.05) is 18.8 Å². The summed E-state index contributed by atoms with van der Waals surface area (Å²) >= 11 is 0. The van der Waals surface area contributed by atoms with E-state index in [4.69, 9.17) is 5.26 Å². The number of nitriles is 1. The van der Waals surface area contributed by atoms with E-state index in [0.717, 1.165) is 31.2 Å². The Morgan fingerprint density at radius 2 is 1.70 bits per heavy atom. The summed E-state index contributed by atoms with van der Waals surface area (Å²) in [6.45, 7) is 1.17. The van der Waals surface area contributed by atoms with E-state index >= 15 is 0 Å². The number of hydrogen-bond donors (Lipinski definition) is 1. The fraction of sp³-hybridized carbons (Fsp3) is 0.500. The van der Waals surface area contributed by atoms with Crippen molar-refractivity contribution in [2.45, 2.75) is 32.1 Å². The second kappa shape index (κ2) is 6.73. The summed E-state index contributed by atoms with van der Waals surface area (Å²) in [6, 6.07) is 8.99. The van der Waals surface area contributed by atoms with E-state index in [1.807, 2.05) is 0 Å². The fourth-order valence-corrected chi connectivity index (χ4v) is 3.58. The standard InChI is InChI=1S/C14H19N3O2S/c15-10-9-13-5-7-14(8-6-13)16-20(18,19)17-11-3-1-2-4-12-17/h5-8,16H,1-4,9,11-12H2. The minimum atomic E-state index is -3.47. The molecule has 1 aliphatic heterocycles. The zero-order chi connectivity index (χ0) is 14.4. The van der Waals surface area contributed by atoms with E-state index in [2.05, 4.69) is 10.8 Å². The largest absolute Gasteiger partial charge is 0.301 e. The van der Waals surface area contributed by atoms with Gasteiger partial charge in [0.1, 0.15) is 0 Å². The molecule has 0 bridgehead atoms. The average molecular weight is 293 g/mol. The first-order chi connectivity index (χ1) is 9.62. The molecule has 1 N–H and O–H groups in total. The molecule has 1 aromatic carbocycles. The van der Waals surface area contributed by atoms with Crippen LogP contribution >= 0.6 is 0 Å². The van der Waals surface area contributed by atoms with Gasteiger partial charge in [0.05, 0.1) is 12.5 Å². The summed E-state index contributed by atoms with van der Waals surface area (Å²) in [6.07, 6.45) is 4.35. The lowest BCUT2D eigenvalue weighted by Gasteiger charge is -2.20. The highest BCUT2D eigenvalue weighted by atomic mass is 32.2. The molecular weight excluding hydrogens is 274 g/mol. The normalized spacial score (nSPS) is 17.1. The minimum Gasteiger partial charge on any atom is -0.271 e. The van der Waals surface area contributed by atoms with E-state index in [1.165, 1.54) is 4.31 Å². The van der Waals surface area contributed by atoms with Crippen LogP contribution in [0.15, 0.2) is 24.3 Å². The highest BCUT2D eigenvalue weighted by molar-refractivity contribution is 7.90. The van der Waals surface area contributed by atoms with Crippen molar-refractivity contribution in [3.05, 3.63) is 29.8 Å². The number of rotatable bonds is 4. The van der Waals surface area contributed by atoms with Crippen molar-refractivity contribution in [1.29, 1.82) is 5.26 Å². The predicted octanol–water partition coefficient (Wildman–Crippen LogP) is 2.29. The van der Waals surface area contributed by atoms with Crippen LogP contribution in [-0.2, 0) is 16.6 Å². The first-order valence-corrected chi connectivity index (χ1v) is 8.29. The van der Waals surface area contributed by atoms with Gasteiger partial charge in [-0.15, -0.1) is 0 Å². The molecule has 0 radical (unpaired) electrons. The molecule has 0 spiro atoms. The third kappa shape index (κ3) is 3.95.